The summed E-state index contributed by atoms with van der Waals surface area (Å²) in [5.41, 5.74) is 9.37. The number of nitrogen functional groups attached to an aromatic ring is 1. The first kappa shape index (κ1) is 9.81. The molecule has 0 amide bonds. The molecule has 0 atom stereocenters. The highest BCUT2D eigenvalue weighted by Gasteiger charge is 2.44. The zero-order valence-corrected chi connectivity index (χ0v) is 8.77. The lowest BCUT2D eigenvalue weighted by molar-refractivity contribution is -0.0943. The molecule has 1 saturated carbocycles. The van der Waals surface area contributed by atoms with Crippen LogP contribution in [-0.4, -0.2) is 0 Å². The van der Waals surface area contributed by atoms with Crippen molar-refractivity contribution in [1.82, 2.24) is 0 Å². The molecule has 0 unspecified atom stereocenters. The molecule has 1 heterocycles. The number of fused-ring (bicyclic) bond motifs is 2. The van der Waals surface area contributed by atoms with Gasteiger partial charge in [-0.2, -0.15) is 0 Å². The second-order valence-electron chi connectivity index (χ2n) is 4.05. The van der Waals surface area contributed by atoms with Crippen LogP contribution in [0.25, 0.3) is 0 Å². The number of ether oxygens (including phenoxy) is 1. The van der Waals surface area contributed by atoms with Crippen molar-refractivity contribution < 1.29 is 4.74 Å². The molecule has 14 heavy (non-hydrogen) atoms. The third-order valence-corrected chi connectivity index (χ3v) is 3.29. The van der Waals surface area contributed by atoms with Crippen LogP contribution in [0.5, 0.6) is 0 Å². The molecule has 0 bridgehead atoms. The Balaban J connectivity index is 0.000000750. The monoisotopic (exact) mass is 211 g/mol. The minimum Gasteiger partial charge on any atom is -0.399 e. The fourth-order valence-electron chi connectivity index (χ4n) is 2.35. The van der Waals surface area contributed by atoms with E-state index in [-0.39, 0.29) is 18.0 Å². The predicted molar refractivity (Wildman–Crippen MR) is 58.4 cm³/mol. The molecule has 2 N–H and O–H groups in total. The van der Waals surface area contributed by atoms with Gasteiger partial charge in [-0.15, -0.1) is 12.4 Å². The first-order chi connectivity index (χ1) is 6.30. The summed E-state index contributed by atoms with van der Waals surface area (Å²) < 4.78 is 5.85. The molecule has 1 aromatic rings. The van der Waals surface area contributed by atoms with Crippen LogP contribution in [0.1, 0.15) is 30.4 Å². The summed E-state index contributed by atoms with van der Waals surface area (Å²) in [6, 6.07) is 6.14. The van der Waals surface area contributed by atoms with E-state index >= 15 is 0 Å². The molecule has 3 heteroatoms. The second kappa shape index (κ2) is 3.14. The van der Waals surface area contributed by atoms with Crippen molar-refractivity contribution in [3.05, 3.63) is 29.3 Å². The standard InChI is InChI=1S/C11H13NO.ClH/c12-9-3-2-8-7-13-11(4-1-5-11)10(8)6-9;/h2-3,6H,1,4-5,7,12H2;1H. The average Bonchev–Trinajstić information content (AvgIpc) is 2.41. The Kier molecular flexibility index (Phi) is 2.20. The van der Waals surface area contributed by atoms with E-state index in [1.54, 1.807) is 0 Å². The maximum Gasteiger partial charge on any atom is 0.0940 e. The Bertz CT molecular complexity index is 360. The maximum atomic E-state index is 5.85. The van der Waals surface area contributed by atoms with Gasteiger partial charge in [0.25, 0.3) is 0 Å². The van der Waals surface area contributed by atoms with Crippen molar-refractivity contribution in [2.45, 2.75) is 31.5 Å². The van der Waals surface area contributed by atoms with E-state index in [1.165, 1.54) is 30.4 Å². The fourth-order valence-corrected chi connectivity index (χ4v) is 2.35. The SMILES string of the molecule is Cl.Nc1ccc2c(c1)C1(CCC1)OC2. The smallest absolute Gasteiger partial charge is 0.0940 e. The van der Waals surface area contributed by atoms with Crippen molar-refractivity contribution in [3.8, 4) is 0 Å². The molecule has 1 aliphatic carbocycles. The summed E-state index contributed by atoms with van der Waals surface area (Å²) in [5, 5.41) is 0. The molecular formula is C11H14ClNO. The zero-order chi connectivity index (χ0) is 8.89. The molecule has 0 saturated heterocycles. The van der Waals surface area contributed by atoms with E-state index < -0.39 is 0 Å². The summed E-state index contributed by atoms with van der Waals surface area (Å²) >= 11 is 0. The van der Waals surface area contributed by atoms with Gasteiger partial charge in [-0.25, -0.2) is 0 Å². The fraction of sp³-hybridized carbons (Fsp3) is 0.455. The van der Waals surface area contributed by atoms with Gasteiger partial charge in [0.2, 0.25) is 0 Å². The number of nitrogens with two attached hydrogens (primary N) is 1. The summed E-state index contributed by atoms with van der Waals surface area (Å²) in [7, 11) is 0. The van der Waals surface area contributed by atoms with Gasteiger partial charge in [-0.1, -0.05) is 6.07 Å². The van der Waals surface area contributed by atoms with Crippen molar-refractivity contribution in [2.75, 3.05) is 5.73 Å². The Morgan fingerprint density at radius 1 is 1.29 bits per heavy atom. The first-order valence-electron chi connectivity index (χ1n) is 4.83. The minimum absolute atomic E-state index is 0. The number of hydrogen-bond donors (Lipinski definition) is 1. The topological polar surface area (TPSA) is 35.2 Å². The van der Waals surface area contributed by atoms with Gasteiger partial charge >= 0.3 is 0 Å². The molecule has 76 valence electrons. The lowest BCUT2D eigenvalue weighted by Gasteiger charge is -2.38. The van der Waals surface area contributed by atoms with Crippen LogP contribution >= 0.6 is 12.4 Å². The Morgan fingerprint density at radius 3 is 2.71 bits per heavy atom. The number of halogens is 1. The Morgan fingerprint density at radius 2 is 2.07 bits per heavy atom. The number of hydrogen-bond acceptors (Lipinski definition) is 2. The van der Waals surface area contributed by atoms with Gasteiger partial charge in [0, 0.05) is 5.69 Å². The first-order valence-corrected chi connectivity index (χ1v) is 4.83. The van der Waals surface area contributed by atoms with Gasteiger partial charge in [-0.3, -0.25) is 0 Å². The van der Waals surface area contributed by atoms with E-state index in [1.807, 2.05) is 6.07 Å². The van der Waals surface area contributed by atoms with E-state index in [4.69, 9.17) is 10.5 Å². The Labute approximate surface area is 89.9 Å². The Hall–Kier alpha value is -0.730. The largest absolute Gasteiger partial charge is 0.399 e. The quantitative estimate of drug-likeness (QED) is 0.670. The van der Waals surface area contributed by atoms with Crippen LogP contribution in [0, 0.1) is 0 Å². The molecule has 2 aliphatic rings. The van der Waals surface area contributed by atoms with Crippen molar-refractivity contribution in [1.29, 1.82) is 0 Å². The van der Waals surface area contributed by atoms with Crippen LogP contribution in [-0.2, 0) is 16.9 Å². The molecule has 1 aromatic carbocycles. The third kappa shape index (κ3) is 1.14. The molecular weight excluding hydrogens is 198 g/mol. The zero-order valence-electron chi connectivity index (χ0n) is 7.95. The summed E-state index contributed by atoms with van der Waals surface area (Å²) in [6.45, 7) is 0.773. The summed E-state index contributed by atoms with van der Waals surface area (Å²) in [4.78, 5) is 0. The van der Waals surface area contributed by atoms with Crippen LogP contribution < -0.4 is 5.73 Å². The van der Waals surface area contributed by atoms with Crippen molar-refractivity contribution in [2.24, 2.45) is 0 Å². The van der Waals surface area contributed by atoms with Gasteiger partial charge in [0.15, 0.2) is 0 Å². The van der Waals surface area contributed by atoms with Gasteiger partial charge in [-0.05, 0) is 42.5 Å². The number of anilines is 1. The van der Waals surface area contributed by atoms with Crippen LogP contribution in [0.4, 0.5) is 5.69 Å². The molecule has 0 radical (unpaired) electrons. The van der Waals surface area contributed by atoms with E-state index in [9.17, 15) is 0 Å². The maximum absolute atomic E-state index is 5.85. The number of rotatable bonds is 0. The van der Waals surface area contributed by atoms with Crippen LogP contribution in [0.3, 0.4) is 0 Å². The van der Waals surface area contributed by atoms with Gasteiger partial charge in [0.05, 0.1) is 12.2 Å². The highest BCUT2D eigenvalue weighted by atomic mass is 35.5. The molecule has 2 nitrogen and oxygen atoms in total. The summed E-state index contributed by atoms with van der Waals surface area (Å²) in [6.07, 6.45) is 3.63. The van der Waals surface area contributed by atoms with Gasteiger partial charge < -0.3 is 10.5 Å². The lowest BCUT2D eigenvalue weighted by atomic mass is 9.75. The van der Waals surface area contributed by atoms with E-state index in [0.29, 0.717) is 0 Å². The molecule has 1 aliphatic heterocycles. The van der Waals surface area contributed by atoms with Crippen LogP contribution in [0.2, 0.25) is 0 Å². The van der Waals surface area contributed by atoms with E-state index in [0.717, 1.165) is 12.3 Å². The predicted octanol–water partition coefficient (Wildman–Crippen LogP) is 2.60. The molecule has 1 spiro atoms. The molecule has 3 rings (SSSR count). The summed E-state index contributed by atoms with van der Waals surface area (Å²) in [5.74, 6) is 0. The van der Waals surface area contributed by atoms with Gasteiger partial charge in [0.1, 0.15) is 0 Å². The lowest BCUT2D eigenvalue weighted by Crippen LogP contribution is -2.33. The van der Waals surface area contributed by atoms with Crippen molar-refractivity contribution >= 4 is 18.1 Å². The average molecular weight is 212 g/mol. The highest BCUT2D eigenvalue weighted by Crippen LogP contribution is 2.50. The third-order valence-electron chi connectivity index (χ3n) is 3.29. The van der Waals surface area contributed by atoms with Crippen LogP contribution in [0.15, 0.2) is 18.2 Å². The highest BCUT2D eigenvalue weighted by molar-refractivity contribution is 5.85. The minimum atomic E-state index is 0. The normalized spacial score (nSPS) is 21.1. The van der Waals surface area contributed by atoms with E-state index in [2.05, 4.69) is 12.1 Å². The second-order valence-corrected chi connectivity index (χ2v) is 4.05. The van der Waals surface area contributed by atoms with Crippen molar-refractivity contribution in [3.63, 3.8) is 0 Å². The molecule has 0 aromatic heterocycles. The molecule has 1 fully saturated rings. The number of benzene rings is 1.